The second-order valence-corrected chi connectivity index (χ2v) is 9.37. The van der Waals surface area contributed by atoms with Gasteiger partial charge in [0.15, 0.2) is 6.10 Å². The van der Waals surface area contributed by atoms with E-state index < -0.39 is 28.0 Å². The zero-order valence-electron chi connectivity index (χ0n) is 17.8. The van der Waals surface area contributed by atoms with Gasteiger partial charge in [-0.3, -0.25) is 9.59 Å². The van der Waals surface area contributed by atoms with Crippen LogP contribution in [0.2, 0.25) is 0 Å². The largest absolute Gasteiger partial charge is 0.449 e. The van der Waals surface area contributed by atoms with Gasteiger partial charge in [0.1, 0.15) is 0 Å². The summed E-state index contributed by atoms with van der Waals surface area (Å²) in [7, 11) is -3.57. The van der Waals surface area contributed by atoms with Crippen molar-refractivity contribution in [1.82, 2.24) is 4.31 Å². The van der Waals surface area contributed by atoms with Crippen molar-refractivity contribution in [2.45, 2.75) is 37.7 Å². The molecule has 0 spiro atoms. The number of nitrogens with one attached hydrogen (secondary N) is 2. The van der Waals surface area contributed by atoms with E-state index in [0.717, 1.165) is 12.8 Å². The number of rotatable bonds is 7. The number of anilines is 2. The van der Waals surface area contributed by atoms with Crippen molar-refractivity contribution in [1.29, 1.82) is 0 Å². The van der Waals surface area contributed by atoms with Crippen molar-refractivity contribution >= 4 is 39.2 Å². The lowest BCUT2D eigenvalue weighted by atomic mass is 10.2. The summed E-state index contributed by atoms with van der Waals surface area (Å²) in [6, 6.07) is 12.0. The van der Waals surface area contributed by atoms with Crippen molar-refractivity contribution in [3.8, 4) is 0 Å². The third-order valence-electron chi connectivity index (χ3n) is 4.92. The molecule has 2 amide bonds. The fraction of sp³-hybridized carbons (Fsp3) is 0.318. The highest BCUT2D eigenvalue weighted by molar-refractivity contribution is 7.89. The Balaban J connectivity index is 1.57. The molecular formula is C22H25N3O6S. The third kappa shape index (κ3) is 5.71. The molecule has 2 aromatic rings. The Morgan fingerprint density at radius 2 is 1.44 bits per heavy atom. The summed E-state index contributed by atoms with van der Waals surface area (Å²) in [4.78, 5) is 35.9. The molecule has 1 fully saturated rings. The SMILES string of the molecule is CC(=O)Nc1ccc(NC(=O)C(C)OC(=O)c2ccc(S(=O)(=O)N3CCCC3)cc2)cc1. The monoisotopic (exact) mass is 459 g/mol. The first-order valence-corrected chi connectivity index (χ1v) is 11.6. The van der Waals surface area contributed by atoms with Crippen LogP contribution in [0.4, 0.5) is 11.4 Å². The number of hydrogen-bond donors (Lipinski definition) is 2. The van der Waals surface area contributed by atoms with Gasteiger partial charge < -0.3 is 15.4 Å². The highest BCUT2D eigenvalue weighted by Crippen LogP contribution is 2.21. The van der Waals surface area contributed by atoms with Gasteiger partial charge >= 0.3 is 5.97 Å². The second kappa shape index (κ2) is 9.92. The smallest absolute Gasteiger partial charge is 0.338 e. The van der Waals surface area contributed by atoms with Gasteiger partial charge in [0.2, 0.25) is 15.9 Å². The highest BCUT2D eigenvalue weighted by atomic mass is 32.2. The van der Waals surface area contributed by atoms with Gasteiger partial charge in [-0.15, -0.1) is 0 Å². The van der Waals surface area contributed by atoms with Gasteiger partial charge in [-0.25, -0.2) is 13.2 Å². The van der Waals surface area contributed by atoms with E-state index >= 15 is 0 Å². The van der Waals surface area contributed by atoms with Crippen LogP contribution in [0.25, 0.3) is 0 Å². The summed E-state index contributed by atoms with van der Waals surface area (Å²) in [5.74, 6) is -1.47. The Hall–Kier alpha value is -3.24. The molecule has 0 aromatic heterocycles. The summed E-state index contributed by atoms with van der Waals surface area (Å²) < 4.78 is 31.8. The topological polar surface area (TPSA) is 122 Å². The molecule has 9 nitrogen and oxygen atoms in total. The van der Waals surface area contributed by atoms with Crippen LogP contribution in [0.15, 0.2) is 53.4 Å². The van der Waals surface area contributed by atoms with Crippen molar-refractivity contribution in [3.05, 3.63) is 54.1 Å². The van der Waals surface area contributed by atoms with Gasteiger partial charge in [-0.1, -0.05) is 0 Å². The number of sulfonamides is 1. The first-order chi connectivity index (χ1) is 15.2. The summed E-state index contributed by atoms with van der Waals surface area (Å²) in [5, 5.41) is 5.25. The second-order valence-electron chi connectivity index (χ2n) is 7.43. The molecule has 170 valence electrons. The van der Waals surface area contributed by atoms with E-state index in [2.05, 4.69) is 10.6 Å². The van der Waals surface area contributed by atoms with Crippen LogP contribution in [0.3, 0.4) is 0 Å². The molecule has 0 bridgehead atoms. The first-order valence-electron chi connectivity index (χ1n) is 10.2. The fourth-order valence-electron chi connectivity index (χ4n) is 3.21. The van der Waals surface area contributed by atoms with E-state index in [-0.39, 0.29) is 16.4 Å². The van der Waals surface area contributed by atoms with E-state index in [1.54, 1.807) is 24.3 Å². The maximum Gasteiger partial charge on any atom is 0.338 e. The van der Waals surface area contributed by atoms with Crippen molar-refractivity contribution < 1.29 is 27.5 Å². The van der Waals surface area contributed by atoms with E-state index in [1.807, 2.05) is 0 Å². The summed E-state index contributed by atoms with van der Waals surface area (Å²) in [5.41, 5.74) is 1.21. The maximum atomic E-state index is 12.6. The van der Waals surface area contributed by atoms with Crippen LogP contribution >= 0.6 is 0 Å². The highest BCUT2D eigenvalue weighted by Gasteiger charge is 2.27. The minimum absolute atomic E-state index is 0.115. The number of hydrogen-bond acceptors (Lipinski definition) is 6. The number of esters is 1. The number of nitrogens with zero attached hydrogens (tertiary/aromatic N) is 1. The average Bonchev–Trinajstić information content (AvgIpc) is 3.30. The molecule has 1 saturated heterocycles. The minimum atomic E-state index is -3.57. The van der Waals surface area contributed by atoms with Gasteiger partial charge in [0, 0.05) is 31.4 Å². The van der Waals surface area contributed by atoms with Crippen LogP contribution in [0, 0.1) is 0 Å². The molecular weight excluding hydrogens is 434 g/mol. The molecule has 0 saturated carbocycles. The Morgan fingerprint density at radius 1 is 0.906 bits per heavy atom. The molecule has 0 radical (unpaired) electrons. The van der Waals surface area contributed by atoms with Crippen LogP contribution in [-0.2, 0) is 24.3 Å². The average molecular weight is 460 g/mol. The predicted octanol–water partition coefficient (Wildman–Crippen LogP) is 2.61. The lowest BCUT2D eigenvalue weighted by Crippen LogP contribution is -2.30. The molecule has 2 N–H and O–H groups in total. The molecule has 1 heterocycles. The quantitative estimate of drug-likeness (QED) is 0.614. The number of carbonyl (C=O) groups is 3. The Kier molecular flexibility index (Phi) is 7.26. The molecule has 1 aliphatic rings. The van der Waals surface area contributed by atoms with E-state index in [1.165, 1.54) is 42.4 Å². The maximum absolute atomic E-state index is 12.6. The molecule has 1 atom stereocenters. The lowest BCUT2D eigenvalue weighted by Gasteiger charge is -2.16. The van der Waals surface area contributed by atoms with Gasteiger partial charge in [-0.2, -0.15) is 4.31 Å². The number of ether oxygens (including phenoxy) is 1. The van der Waals surface area contributed by atoms with Crippen molar-refractivity contribution in [2.24, 2.45) is 0 Å². The van der Waals surface area contributed by atoms with Gasteiger partial charge in [-0.05, 0) is 68.3 Å². The van der Waals surface area contributed by atoms with Crippen LogP contribution < -0.4 is 10.6 Å². The molecule has 1 aliphatic heterocycles. The molecule has 3 rings (SSSR count). The van der Waals surface area contributed by atoms with E-state index in [4.69, 9.17) is 4.74 Å². The normalized spacial score (nSPS) is 15.1. The number of carbonyl (C=O) groups excluding carboxylic acids is 3. The fourth-order valence-corrected chi connectivity index (χ4v) is 4.72. The van der Waals surface area contributed by atoms with Gasteiger partial charge in [0.25, 0.3) is 5.91 Å². The van der Waals surface area contributed by atoms with Crippen molar-refractivity contribution in [2.75, 3.05) is 23.7 Å². The molecule has 0 aliphatic carbocycles. The zero-order chi connectivity index (χ0) is 23.3. The van der Waals surface area contributed by atoms with Crippen LogP contribution in [-0.4, -0.2) is 49.7 Å². The molecule has 32 heavy (non-hydrogen) atoms. The van der Waals surface area contributed by atoms with E-state index in [9.17, 15) is 22.8 Å². The van der Waals surface area contributed by atoms with Crippen molar-refractivity contribution in [3.63, 3.8) is 0 Å². The Morgan fingerprint density at radius 3 is 1.97 bits per heavy atom. The summed E-state index contributed by atoms with van der Waals surface area (Å²) in [6.45, 7) is 3.82. The van der Waals surface area contributed by atoms with E-state index in [0.29, 0.717) is 24.5 Å². The lowest BCUT2D eigenvalue weighted by molar-refractivity contribution is -0.123. The summed E-state index contributed by atoms with van der Waals surface area (Å²) >= 11 is 0. The summed E-state index contributed by atoms with van der Waals surface area (Å²) in [6.07, 6.45) is 0.594. The molecule has 1 unspecified atom stereocenters. The van der Waals surface area contributed by atoms with Crippen LogP contribution in [0.5, 0.6) is 0 Å². The third-order valence-corrected chi connectivity index (χ3v) is 6.83. The first kappa shape index (κ1) is 23.4. The molecule has 10 heteroatoms. The zero-order valence-corrected chi connectivity index (χ0v) is 18.6. The number of amides is 2. The minimum Gasteiger partial charge on any atom is -0.449 e. The van der Waals surface area contributed by atoms with Crippen LogP contribution in [0.1, 0.15) is 37.0 Å². The standard InChI is InChI=1S/C22H25N3O6S/c1-15(21(27)24-19-9-7-18(8-10-19)23-16(2)26)31-22(28)17-5-11-20(12-6-17)32(29,30)25-13-3-4-14-25/h5-12,15H,3-4,13-14H2,1-2H3,(H,23,26)(H,24,27). The Labute approximate surface area is 186 Å². The Bertz CT molecular complexity index is 1090. The molecule has 2 aromatic carbocycles. The van der Waals surface area contributed by atoms with Gasteiger partial charge in [0.05, 0.1) is 10.5 Å². The predicted molar refractivity (Wildman–Crippen MR) is 119 cm³/mol. The number of benzene rings is 2.